The lowest BCUT2D eigenvalue weighted by atomic mass is 9.96. The van der Waals surface area contributed by atoms with Gasteiger partial charge in [0.25, 0.3) is 5.56 Å². The Balaban J connectivity index is 1.78. The van der Waals surface area contributed by atoms with E-state index in [9.17, 15) is 14.0 Å². The van der Waals surface area contributed by atoms with Gasteiger partial charge in [-0.15, -0.1) is 11.3 Å². The van der Waals surface area contributed by atoms with E-state index in [1.807, 2.05) is 13.8 Å². The number of carbonyl (C=O) groups is 1. The minimum Gasteiger partial charge on any atom is -0.347 e. The molecule has 3 aromatic rings. The first kappa shape index (κ1) is 17.3. The fourth-order valence-electron chi connectivity index (χ4n) is 2.68. The van der Waals surface area contributed by atoms with Crippen LogP contribution in [0.5, 0.6) is 0 Å². The van der Waals surface area contributed by atoms with Crippen molar-refractivity contribution in [2.24, 2.45) is 5.92 Å². The van der Waals surface area contributed by atoms with Crippen LogP contribution in [0, 0.1) is 11.7 Å². The van der Waals surface area contributed by atoms with Crippen LogP contribution >= 0.6 is 11.3 Å². The number of rotatable bonds is 5. The van der Waals surface area contributed by atoms with Gasteiger partial charge in [0.1, 0.15) is 17.2 Å². The minimum atomic E-state index is -0.320. The minimum absolute atomic E-state index is 0.109. The van der Waals surface area contributed by atoms with Gasteiger partial charge in [-0.05, 0) is 35.1 Å². The lowest BCUT2D eigenvalue weighted by Gasteiger charge is -2.23. The van der Waals surface area contributed by atoms with E-state index in [1.165, 1.54) is 34.4 Å². The first-order chi connectivity index (χ1) is 12.0. The van der Waals surface area contributed by atoms with Gasteiger partial charge in [0, 0.05) is 0 Å². The number of benzene rings is 1. The summed E-state index contributed by atoms with van der Waals surface area (Å²) in [6.07, 6.45) is 1.39. The third-order valence-corrected chi connectivity index (χ3v) is 4.80. The average molecular weight is 359 g/mol. The summed E-state index contributed by atoms with van der Waals surface area (Å²) in [5.74, 6) is -0.496. The van der Waals surface area contributed by atoms with Crippen LogP contribution in [0.4, 0.5) is 4.39 Å². The van der Waals surface area contributed by atoms with Gasteiger partial charge in [0.2, 0.25) is 5.91 Å². The third-order valence-electron chi connectivity index (χ3n) is 3.98. The number of carbonyl (C=O) groups excluding carboxylic acids is 1. The Kier molecular flexibility index (Phi) is 4.94. The zero-order valence-corrected chi connectivity index (χ0v) is 14.7. The summed E-state index contributed by atoms with van der Waals surface area (Å²) in [6, 6.07) is 7.50. The van der Waals surface area contributed by atoms with Gasteiger partial charge in [-0.3, -0.25) is 14.2 Å². The van der Waals surface area contributed by atoms with Crippen molar-refractivity contribution < 1.29 is 9.18 Å². The summed E-state index contributed by atoms with van der Waals surface area (Å²) in [6.45, 7) is 3.83. The van der Waals surface area contributed by atoms with Crippen LogP contribution in [0.3, 0.4) is 0 Å². The molecular weight excluding hydrogens is 341 g/mol. The number of hydrogen-bond acceptors (Lipinski definition) is 4. The molecule has 2 heterocycles. The van der Waals surface area contributed by atoms with Gasteiger partial charge in [-0.1, -0.05) is 26.0 Å². The zero-order chi connectivity index (χ0) is 18.0. The van der Waals surface area contributed by atoms with Gasteiger partial charge < -0.3 is 5.32 Å². The molecule has 0 spiro atoms. The van der Waals surface area contributed by atoms with Crippen molar-refractivity contribution in [3.05, 3.63) is 63.8 Å². The highest BCUT2D eigenvalue weighted by Gasteiger charge is 2.19. The molecule has 0 bridgehead atoms. The van der Waals surface area contributed by atoms with Crippen LogP contribution in [0.1, 0.15) is 25.5 Å². The number of amides is 1. The van der Waals surface area contributed by atoms with E-state index in [4.69, 9.17) is 0 Å². The number of thiophene rings is 1. The monoisotopic (exact) mass is 359 g/mol. The molecule has 25 heavy (non-hydrogen) atoms. The molecule has 0 saturated heterocycles. The highest BCUT2D eigenvalue weighted by molar-refractivity contribution is 7.16. The Hall–Kier alpha value is -2.54. The van der Waals surface area contributed by atoms with E-state index in [2.05, 4.69) is 10.3 Å². The normalized spacial score (nSPS) is 12.5. The number of aromatic nitrogens is 2. The van der Waals surface area contributed by atoms with Crippen LogP contribution in [0.2, 0.25) is 0 Å². The van der Waals surface area contributed by atoms with Gasteiger partial charge in [-0.25, -0.2) is 9.37 Å². The molecule has 7 heteroatoms. The quantitative estimate of drug-likeness (QED) is 0.761. The summed E-state index contributed by atoms with van der Waals surface area (Å²) in [4.78, 5) is 29.6. The summed E-state index contributed by atoms with van der Waals surface area (Å²) in [5.41, 5.74) is 0.591. The summed E-state index contributed by atoms with van der Waals surface area (Å²) in [5, 5.41) is 5.24. The van der Waals surface area contributed by atoms with Crippen molar-refractivity contribution in [1.82, 2.24) is 14.9 Å². The Morgan fingerprint density at radius 2 is 2.00 bits per heavy atom. The lowest BCUT2D eigenvalue weighted by Crippen LogP contribution is -2.36. The molecule has 0 saturated carbocycles. The predicted octanol–water partition coefficient (Wildman–Crippen LogP) is 3.11. The van der Waals surface area contributed by atoms with Gasteiger partial charge in [0.15, 0.2) is 0 Å². The second kappa shape index (κ2) is 7.14. The number of fused-ring (bicyclic) bond motifs is 1. The van der Waals surface area contributed by atoms with E-state index in [-0.39, 0.29) is 35.8 Å². The van der Waals surface area contributed by atoms with Crippen molar-refractivity contribution in [2.75, 3.05) is 0 Å². The molecule has 0 aliphatic heterocycles. The Morgan fingerprint density at radius 3 is 2.68 bits per heavy atom. The Morgan fingerprint density at radius 1 is 1.28 bits per heavy atom. The van der Waals surface area contributed by atoms with Crippen molar-refractivity contribution in [3.8, 4) is 0 Å². The molecule has 1 amide bonds. The molecule has 0 aliphatic rings. The molecule has 2 aromatic heterocycles. The SMILES string of the molecule is CC(C)[C@@H](NC(=O)Cn1cnc2sccc2c1=O)c1ccc(F)cc1. The molecule has 1 N–H and O–H groups in total. The smallest absolute Gasteiger partial charge is 0.262 e. The molecule has 3 rings (SSSR count). The molecule has 0 unspecified atom stereocenters. The van der Waals surface area contributed by atoms with Crippen molar-refractivity contribution >= 4 is 27.5 Å². The van der Waals surface area contributed by atoms with Gasteiger partial charge >= 0.3 is 0 Å². The van der Waals surface area contributed by atoms with E-state index in [1.54, 1.807) is 23.6 Å². The van der Waals surface area contributed by atoms with Crippen LogP contribution in [-0.2, 0) is 11.3 Å². The average Bonchev–Trinajstić information content (AvgIpc) is 3.05. The van der Waals surface area contributed by atoms with Crippen molar-refractivity contribution in [2.45, 2.75) is 26.4 Å². The van der Waals surface area contributed by atoms with E-state index < -0.39 is 0 Å². The summed E-state index contributed by atoms with van der Waals surface area (Å²) in [7, 11) is 0. The Bertz CT molecular complexity index is 947. The van der Waals surface area contributed by atoms with Crippen molar-refractivity contribution in [3.63, 3.8) is 0 Å². The molecule has 0 aliphatic carbocycles. The van der Waals surface area contributed by atoms with Crippen LogP contribution in [-0.4, -0.2) is 15.5 Å². The van der Waals surface area contributed by atoms with Crippen LogP contribution in [0.25, 0.3) is 10.2 Å². The van der Waals surface area contributed by atoms with E-state index >= 15 is 0 Å². The molecular formula is C18H18FN3O2S. The Labute approximate surface area is 148 Å². The van der Waals surface area contributed by atoms with E-state index in [0.717, 1.165) is 5.56 Å². The first-order valence-electron chi connectivity index (χ1n) is 7.93. The second-order valence-electron chi connectivity index (χ2n) is 6.16. The predicted molar refractivity (Wildman–Crippen MR) is 96.0 cm³/mol. The number of hydrogen-bond donors (Lipinski definition) is 1. The highest BCUT2D eigenvalue weighted by atomic mass is 32.1. The lowest BCUT2D eigenvalue weighted by molar-refractivity contribution is -0.122. The molecule has 5 nitrogen and oxygen atoms in total. The number of nitrogens with zero attached hydrogens (tertiary/aromatic N) is 2. The van der Waals surface area contributed by atoms with Crippen LogP contribution in [0.15, 0.2) is 46.8 Å². The maximum absolute atomic E-state index is 13.1. The van der Waals surface area contributed by atoms with E-state index in [0.29, 0.717) is 10.2 Å². The fourth-order valence-corrected chi connectivity index (χ4v) is 3.41. The topological polar surface area (TPSA) is 64.0 Å². The molecule has 0 fully saturated rings. The number of halogens is 1. The molecule has 1 atom stereocenters. The largest absolute Gasteiger partial charge is 0.347 e. The summed E-state index contributed by atoms with van der Waals surface area (Å²) < 4.78 is 14.4. The maximum Gasteiger partial charge on any atom is 0.262 e. The standard InChI is InChI=1S/C18H18FN3O2S/c1-11(2)16(12-3-5-13(19)6-4-12)21-15(23)9-22-10-20-17-14(18(22)24)7-8-25-17/h3-8,10-11,16H,9H2,1-2H3,(H,21,23)/t16-/m1/s1. The molecule has 130 valence electrons. The maximum atomic E-state index is 13.1. The molecule has 1 aromatic carbocycles. The first-order valence-corrected chi connectivity index (χ1v) is 8.81. The molecule has 0 radical (unpaired) electrons. The number of nitrogens with one attached hydrogen (secondary N) is 1. The van der Waals surface area contributed by atoms with Crippen molar-refractivity contribution in [1.29, 1.82) is 0 Å². The van der Waals surface area contributed by atoms with Crippen LogP contribution < -0.4 is 10.9 Å². The highest BCUT2D eigenvalue weighted by Crippen LogP contribution is 2.22. The second-order valence-corrected chi connectivity index (χ2v) is 7.05. The van der Waals surface area contributed by atoms with Gasteiger partial charge in [-0.2, -0.15) is 0 Å². The third kappa shape index (κ3) is 3.76. The summed E-state index contributed by atoms with van der Waals surface area (Å²) >= 11 is 1.39. The zero-order valence-electron chi connectivity index (χ0n) is 13.9. The van der Waals surface area contributed by atoms with Gasteiger partial charge in [0.05, 0.1) is 17.8 Å². The fraction of sp³-hybridized carbons (Fsp3) is 0.278.